The van der Waals surface area contributed by atoms with Crippen molar-refractivity contribution in [2.75, 3.05) is 0 Å². The molecule has 0 saturated heterocycles. The van der Waals surface area contributed by atoms with Gasteiger partial charge in [0.2, 0.25) is 5.82 Å². The first kappa shape index (κ1) is 14.5. The Kier molecular flexibility index (Phi) is 3.58. The number of alkyl halides is 3. The van der Waals surface area contributed by atoms with Gasteiger partial charge in [-0.25, -0.2) is 4.98 Å². The smallest absolute Gasteiger partial charge is 0.267 e. The summed E-state index contributed by atoms with van der Waals surface area (Å²) in [4.78, 5) is 19.5. The zero-order chi connectivity index (χ0) is 15.1. The fraction of sp³-hybridized carbons (Fsp3) is 0.583. The van der Waals surface area contributed by atoms with Crippen molar-refractivity contribution in [1.82, 2.24) is 19.6 Å². The minimum absolute atomic E-state index is 0.256. The first-order valence-corrected chi connectivity index (χ1v) is 6.25. The minimum Gasteiger partial charge on any atom is -0.267 e. The third kappa shape index (κ3) is 2.68. The lowest BCUT2D eigenvalue weighted by atomic mass is 10.0. The normalized spacial score (nSPS) is 12.6. The van der Waals surface area contributed by atoms with Crippen LogP contribution in [0.4, 0.5) is 13.2 Å². The summed E-state index contributed by atoms with van der Waals surface area (Å²) in [5, 5.41) is 1.96. The highest BCUT2D eigenvalue weighted by Crippen LogP contribution is 2.26. The highest BCUT2D eigenvalue weighted by Gasteiger charge is 2.35. The molecular weight excluding hydrogens is 273 g/mol. The molecule has 2 rings (SSSR count). The molecule has 5 nitrogen and oxygen atoms in total. The third-order valence-corrected chi connectivity index (χ3v) is 3.04. The lowest BCUT2D eigenvalue weighted by Crippen LogP contribution is -2.22. The van der Waals surface area contributed by atoms with Gasteiger partial charge in [-0.1, -0.05) is 13.8 Å². The Labute approximate surface area is 112 Å². The molecule has 1 N–H and O–H groups in total. The second-order valence-corrected chi connectivity index (χ2v) is 5.12. The van der Waals surface area contributed by atoms with Crippen molar-refractivity contribution >= 4 is 5.78 Å². The van der Waals surface area contributed by atoms with Gasteiger partial charge in [-0.05, 0) is 25.7 Å². The molecular formula is C12H15F3N4O. The summed E-state index contributed by atoms with van der Waals surface area (Å²) in [6.07, 6.45) is -3.38. The number of nitrogens with one attached hydrogen (secondary N) is 1. The van der Waals surface area contributed by atoms with Gasteiger partial charge in [-0.2, -0.15) is 22.7 Å². The molecule has 0 spiro atoms. The molecule has 0 radical (unpaired) electrons. The van der Waals surface area contributed by atoms with E-state index in [1.165, 1.54) is 0 Å². The van der Waals surface area contributed by atoms with E-state index in [-0.39, 0.29) is 5.78 Å². The first-order chi connectivity index (χ1) is 9.20. The van der Waals surface area contributed by atoms with Gasteiger partial charge < -0.3 is 0 Å². The van der Waals surface area contributed by atoms with Crippen molar-refractivity contribution in [3.63, 3.8) is 0 Å². The van der Waals surface area contributed by atoms with Crippen LogP contribution in [0.15, 0.2) is 4.79 Å². The second-order valence-electron chi connectivity index (χ2n) is 5.12. The van der Waals surface area contributed by atoms with E-state index in [1.54, 1.807) is 6.92 Å². The molecule has 0 unspecified atom stereocenters. The molecule has 20 heavy (non-hydrogen) atoms. The van der Waals surface area contributed by atoms with Crippen LogP contribution in [-0.2, 0) is 12.6 Å². The van der Waals surface area contributed by atoms with Gasteiger partial charge in [0.15, 0.2) is 0 Å². The summed E-state index contributed by atoms with van der Waals surface area (Å²) >= 11 is 0. The largest absolute Gasteiger partial charge is 0.451 e. The molecule has 0 amide bonds. The summed E-state index contributed by atoms with van der Waals surface area (Å²) < 4.78 is 38.5. The maximum Gasteiger partial charge on any atom is 0.451 e. The fourth-order valence-corrected chi connectivity index (χ4v) is 1.90. The number of halogens is 3. The third-order valence-electron chi connectivity index (χ3n) is 3.04. The number of H-pyrrole nitrogens is 1. The van der Waals surface area contributed by atoms with E-state index in [0.29, 0.717) is 23.6 Å². The molecule has 2 aromatic rings. The highest BCUT2D eigenvalue weighted by molar-refractivity contribution is 5.32. The Morgan fingerprint density at radius 2 is 1.95 bits per heavy atom. The molecule has 0 aliphatic heterocycles. The first-order valence-electron chi connectivity index (χ1n) is 6.25. The van der Waals surface area contributed by atoms with E-state index in [2.05, 4.69) is 9.97 Å². The maximum atomic E-state index is 12.6. The average Bonchev–Trinajstić information content (AvgIpc) is 2.71. The lowest BCUT2D eigenvalue weighted by molar-refractivity contribution is -0.144. The summed E-state index contributed by atoms with van der Waals surface area (Å²) in [5.41, 5.74) is 0.334. The molecule has 0 saturated carbocycles. The molecule has 0 fully saturated rings. The zero-order valence-corrected chi connectivity index (χ0v) is 11.4. The van der Waals surface area contributed by atoms with Gasteiger partial charge in [0.05, 0.1) is 5.69 Å². The molecule has 8 heteroatoms. The van der Waals surface area contributed by atoms with Crippen LogP contribution in [0.2, 0.25) is 0 Å². The zero-order valence-electron chi connectivity index (χ0n) is 11.4. The van der Waals surface area contributed by atoms with Crippen molar-refractivity contribution in [3.8, 4) is 0 Å². The van der Waals surface area contributed by atoms with Crippen molar-refractivity contribution in [1.29, 1.82) is 0 Å². The van der Waals surface area contributed by atoms with Crippen LogP contribution in [0.25, 0.3) is 5.78 Å². The van der Waals surface area contributed by atoms with Gasteiger partial charge in [-0.3, -0.25) is 9.89 Å². The minimum atomic E-state index is -4.63. The average molecular weight is 288 g/mol. The predicted molar refractivity (Wildman–Crippen MR) is 66.5 cm³/mol. The Morgan fingerprint density at radius 3 is 2.50 bits per heavy atom. The molecule has 0 aliphatic carbocycles. The van der Waals surface area contributed by atoms with E-state index in [4.69, 9.17) is 0 Å². The Morgan fingerprint density at radius 1 is 1.30 bits per heavy atom. The SMILES string of the molecule is Cc1nc2nc(C(F)(F)F)[nH]n2c(=O)c1CCC(C)C. The number of fused-ring (bicyclic) bond motifs is 1. The van der Waals surface area contributed by atoms with E-state index < -0.39 is 17.6 Å². The monoisotopic (exact) mass is 288 g/mol. The van der Waals surface area contributed by atoms with Gasteiger partial charge in [0.1, 0.15) is 0 Å². The van der Waals surface area contributed by atoms with Crippen LogP contribution in [0.3, 0.4) is 0 Å². The van der Waals surface area contributed by atoms with E-state index >= 15 is 0 Å². The van der Waals surface area contributed by atoms with Crippen molar-refractivity contribution in [2.45, 2.75) is 39.8 Å². The maximum absolute atomic E-state index is 12.6. The summed E-state index contributed by atoms with van der Waals surface area (Å²) in [6.45, 7) is 5.63. The number of rotatable bonds is 3. The number of aromatic amines is 1. The Balaban J connectivity index is 2.54. The molecule has 0 aliphatic rings. The summed E-state index contributed by atoms with van der Waals surface area (Å²) in [6, 6.07) is 0. The standard InChI is InChI=1S/C12H15F3N4O/c1-6(2)4-5-8-7(3)16-11-17-10(12(13,14)15)18-19(11)9(8)20/h6H,4-5H2,1-3H3,(H,16,17,18). The molecule has 110 valence electrons. The van der Waals surface area contributed by atoms with E-state index in [1.807, 2.05) is 18.9 Å². The van der Waals surface area contributed by atoms with Gasteiger partial charge in [0, 0.05) is 5.56 Å². The number of nitrogens with zero attached hydrogens (tertiary/aromatic N) is 3. The Bertz CT molecular complexity index is 684. The van der Waals surface area contributed by atoms with Crippen molar-refractivity contribution in [2.24, 2.45) is 5.92 Å². The number of hydrogen-bond acceptors (Lipinski definition) is 3. The fourth-order valence-electron chi connectivity index (χ4n) is 1.90. The van der Waals surface area contributed by atoms with E-state index in [0.717, 1.165) is 10.9 Å². The molecule has 0 atom stereocenters. The predicted octanol–water partition coefficient (Wildman–Crippen LogP) is 2.33. The Hall–Kier alpha value is -1.86. The topological polar surface area (TPSA) is 63.1 Å². The van der Waals surface area contributed by atoms with Crippen LogP contribution in [-0.4, -0.2) is 19.6 Å². The lowest BCUT2D eigenvalue weighted by Gasteiger charge is -2.06. The second kappa shape index (κ2) is 4.92. The van der Waals surface area contributed by atoms with Gasteiger partial charge in [0.25, 0.3) is 11.3 Å². The van der Waals surface area contributed by atoms with Crippen molar-refractivity contribution in [3.05, 3.63) is 27.4 Å². The van der Waals surface area contributed by atoms with Gasteiger partial charge in [-0.15, -0.1) is 0 Å². The number of aromatic nitrogens is 4. The van der Waals surface area contributed by atoms with Gasteiger partial charge >= 0.3 is 6.18 Å². The molecule has 2 heterocycles. The highest BCUT2D eigenvalue weighted by atomic mass is 19.4. The van der Waals surface area contributed by atoms with E-state index in [9.17, 15) is 18.0 Å². The summed E-state index contributed by atoms with van der Waals surface area (Å²) in [7, 11) is 0. The van der Waals surface area contributed by atoms with Crippen LogP contribution in [0, 0.1) is 12.8 Å². The molecule has 0 bridgehead atoms. The summed E-state index contributed by atoms with van der Waals surface area (Å²) in [5.74, 6) is -1.09. The van der Waals surface area contributed by atoms with Crippen LogP contribution in [0.1, 0.15) is 37.4 Å². The number of hydrogen-bond donors (Lipinski definition) is 1. The van der Waals surface area contributed by atoms with Crippen LogP contribution in [0.5, 0.6) is 0 Å². The van der Waals surface area contributed by atoms with Crippen LogP contribution < -0.4 is 5.56 Å². The quantitative estimate of drug-likeness (QED) is 0.942. The van der Waals surface area contributed by atoms with Crippen LogP contribution >= 0.6 is 0 Å². The molecule has 2 aromatic heterocycles. The number of aryl methyl sites for hydroxylation is 1. The van der Waals surface area contributed by atoms with Crippen molar-refractivity contribution < 1.29 is 13.2 Å². The molecule has 0 aromatic carbocycles.